The average Bonchev–Trinajstić information content (AvgIpc) is 2.83. The molecule has 37 heavy (non-hydrogen) atoms. The summed E-state index contributed by atoms with van der Waals surface area (Å²) in [5.74, 6) is -1.53. The number of nitrogens with zero attached hydrogens (tertiary/aromatic N) is 3. The highest BCUT2D eigenvalue weighted by Crippen LogP contribution is 2.28. The molecule has 2 aromatic rings. The van der Waals surface area contributed by atoms with Gasteiger partial charge in [-0.3, -0.25) is 24.0 Å². The predicted molar refractivity (Wildman–Crippen MR) is 139 cm³/mol. The van der Waals surface area contributed by atoms with Gasteiger partial charge in [-0.1, -0.05) is 38.5 Å². The monoisotopic (exact) mass is 536 g/mol. The SMILES string of the molecule is CCCCNC(=O)[C@@H](CC)N(Cc1ccc(F)cc1)C(=O)CN(c1cc([N+](=O)[O-])ccc1C)S(C)(=O)=O. The van der Waals surface area contributed by atoms with Gasteiger partial charge in [0.15, 0.2) is 0 Å². The van der Waals surface area contributed by atoms with E-state index in [9.17, 15) is 32.5 Å². The zero-order valence-corrected chi connectivity index (χ0v) is 22.3. The molecule has 0 heterocycles. The molecule has 0 saturated heterocycles. The van der Waals surface area contributed by atoms with Crippen LogP contribution < -0.4 is 9.62 Å². The molecule has 0 radical (unpaired) electrons. The van der Waals surface area contributed by atoms with Crippen LogP contribution in [0.1, 0.15) is 44.2 Å². The van der Waals surface area contributed by atoms with Crippen molar-refractivity contribution in [2.75, 3.05) is 23.7 Å². The number of nitro groups is 1. The Morgan fingerprint density at radius 1 is 1.14 bits per heavy atom. The number of nitrogens with one attached hydrogen (secondary N) is 1. The molecule has 0 unspecified atom stereocenters. The van der Waals surface area contributed by atoms with Crippen molar-refractivity contribution in [2.24, 2.45) is 0 Å². The Kier molecular flexibility index (Phi) is 10.5. The number of nitro benzene ring substituents is 1. The molecule has 10 nitrogen and oxygen atoms in total. The molecule has 1 N–H and O–H groups in total. The number of hydrogen-bond acceptors (Lipinski definition) is 6. The van der Waals surface area contributed by atoms with Gasteiger partial charge in [-0.15, -0.1) is 0 Å². The number of amides is 2. The van der Waals surface area contributed by atoms with Gasteiger partial charge in [-0.05, 0) is 43.0 Å². The van der Waals surface area contributed by atoms with Crippen molar-refractivity contribution in [3.05, 3.63) is 69.5 Å². The molecule has 0 saturated carbocycles. The van der Waals surface area contributed by atoms with E-state index in [2.05, 4.69) is 5.32 Å². The van der Waals surface area contributed by atoms with E-state index >= 15 is 0 Å². The quantitative estimate of drug-likeness (QED) is 0.237. The van der Waals surface area contributed by atoms with Crippen LogP contribution in [0.2, 0.25) is 0 Å². The maximum Gasteiger partial charge on any atom is 0.271 e. The predicted octanol–water partition coefficient (Wildman–Crippen LogP) is 3.53. The van der Waals surface area contributed by atoms with E-state index in [4.69, 9.17) is 0 Å². The van der Waals surface area contributed by atoms with E-state index < -0.39 is 39.3 Å². The van der Waals surface area contributed by atoms with Gasteiger partial charge in [-0.2, -0.15) is 0 Å². The first-order valence-corrected chi connectivity index (χ1v) is 13.8. The number of rotatable bonds is 13. The normalized spacial score (nSPS) is 12.0. The maximum atomic E-state index is 13.6. The third kappa shape index (κ3) is 8.24. The van der Waals surface area contributed by atoms with Crippen LogP contribution >= 0.6 is 0 Å². The number of anilines is 1. The number of benzene rings is 2. The largest absolute Gasteiger partial charge is 0.354 e. The van der Waals surface area contributed by atoms with Crippen LogP contribution in [0, 0.1) is 22.9 Å². The van der Waals surface area contributed by atoms with E-state index in [-0.39, 0.29) is 30.2 Å². The molecule has 0 aliphatic rings. The summed E-state index contributed by atoms with van der Waals surface area (Å²) in [7, 11) is -4.05. The topological polar surface area (TPSA) is 130 Å². The summed E-state index contributed by atoms with van der Waals surface area (Å²) in [6, 6.07) is 8.26. The Hall–Kier alpha value is -3.54. The van der Waals surface area contributed by atoms with Crippen molar-refractivity contribution in [3.63, 3.8) is 0 Å². The van der Waals surface area contributed by atoms with Crippen LogP contribution in [-0.2, 0) is 26.2 Å². The van der Waals surface area contributed by atoms with Gasteiger partial charge >= 0.3 is 0 Å². The Morgan fingerprint density at radius 2 is 1.78 bits per heavy atom. The van der Waals surface area contributed by atoms with Crippen LogP contribution in [0.25, 0.3) is 0 Å². The summed E-state index contributed by atoms with van der Waals surface area (Å²) in [5.41, 5.74) is 0.629. The molecule has 12 heteroatoms. The van der Waals surface area contributed by atoms with Gasteiger partial charge in [0.05, 0.1) is 16.9 Å². The minimum absolute atomic E-state index is 0.00720. The fraction of sp³-hybridized carbons (Fsp3) is 0.440. The molecule has 0 bridgehead atoms. The lowest BCUT2D eigenvalue weighted by atomic mass is 10.1. The van der Waals surface area contributed by atoms with E-state index in [0.29, 0.717) is 17.7 Å². The number of halogens is 1. The maximum absolute atomic E-state index is 13.6. The molecule has 2 aromatic carbocycles. The molecule has 2 rings (SSSR count). The molecule has 1 atom stereocenters. The molecule has 0 fully saturated rings. The second kappa shape index (κ2) is 13.1. The first-order chi connectivity index (χ1) is 17.4. The first-order valence-electron chi connectivity index (χ1n) is 11.9. The molecule has 202 valence electrons. The highest BCUT2D eigenvalue weighted by molar-refractivity contribution is 7.92. The first kappa shape index (κ1) is 29.7. The average molecular weight is 537 g/mol. The lowest BCUT2D eigenvalue weighted by molar-refractivity contribution is -0.384. The number of carbonyl (C=O) groups is 2. The van der Waals surface area contributed by atoms with Crippen LogP contribution in [0.5, 0.6) is 0 Å². The Bertz CT molecular complexity index is 1220. The third-order valence-electron chi connectivity index (χ3n) is 5.83. The van der Waals surface area contributed by atoms with Gasteiger partial charge in [0.1, 0.15) is 18.4 Å². The Balaban J connectivity index is 2.48. The van der Waals surface area contributed by atoms with Crippen LogP contribution in [0.4, 0.5) is 15.8 Å². The molecule has 0 aliphatic carbocycles. The number of unbranched alkanes of at least 4 members (excludes halogenated alkanes) is 1. The highest BCUT2D eigenvalue weighted by atomic mass is 32.2. The van der Waals surface area contributed by atoms with Crippen LogP contribution in [-0.4, -0.2) is 55.4 Å². The number of hydrogen-bond donors (Lipinski definition) is 1. The number of sulfonamides is 1. The zero-order valence-electron chi connectivity index (χ0n) is 21.4. The smallest absolute Gasteiger partial charge is 0.271 e. The molecule has 0 aromatic heterocycles. The van der Waals surface area contributed by atoms with Crippen LogP contribution in [0.15, 0.2) is 42.5 Å². The number of non-ortho nitro benzene ring substituents is 1. The minimum atomic E-state index is -4.05. The minimum Gasteiger partial charge on any atom is -0.354 e. The summed E-state index contributed by atoms with van der Waals surface area (Å²) in [4.78, 5) is 38.5. The van der Waals surface area contributed by atoms with Gasteiger partial charge < -0.3 is 10.2 Å². The summed E-state index contributed by atoms with van der Waals surface area (Å²) >= 11 is 0. The fourth-order valence-electron chi connectivity index (χ4n) is 3.79. The van der Waals surface area contributed by atoms with E-state index in [1.807, 2.05) is 6.92 Å². The van der Waals surface area contributed by atoms with Crippen molar-refractivity contribution in [2.45, 2.75) is 52.6 Å². The van der Waals surface area contributed by atoms with Gasteiger partial charge in [0.25, 0.3) is 5.69 Å². The van der Waals surface area contributed by atoms with Gasteiger partial charge in [0, 0.05) is 25.2 Å². The van der Waals surface area contributed by atoms with Crippen molar-refractivity contribution < 1.29 is 27.3 Å². The number of aryl methyl sites for hydroxylation is 1. The van der Waals surface area contributed by atoms with Gasteiger partial charge in [0.2, 0.25) is 21.8 Å². The fourth-order valence-corrected chi connectivity index (χ4v) is 4.69. The number of carbonyl (C=O) groups excluding carboxylic acids is 2. The van der Waals surface area contributed by atoms with Crippen molar-refractivity contribution >= 4 is 33.2 Å². The van der Waals surface area contributed by atoms with Crippen molar-refractivity contribution in [3.8, 4) is 0 Å². The summed E-state index contributed by atoms with van der Waals surface area (Å²) in [6.07, 6.45) is 2.76. The van der Waals surface area contributed by atoms with E-state index in [1.54, 1.807) is 13.8 Å². The molecule has 0 aliphatic heterocycles. The molecular formula is C25H33FN4O6S. The molecule has 0 spiro atoms. The third-order valence-corrected chi connectivity index (χ3v) is 6.96. The summed E-state index contributed by atoms with van der Waals surface area (Å²) < 4.78 is 39.7. The Morgan fingerprint density at radius 3 is 2.32 bits per heavy atom. The van der Waals surface area contributed by atoms with Crippen molar-refractivity contribution in [1.29, 1.82) is 0 Å². The summed E-state index contributed by atoms with van der Waals surface area (Å²) in [6.45, 7) is 4.96. The molecular weight excluding hydrogens is 503 g/mol. The second-order valence-electron chi connectivity index (χ2n) is 8.71. The Labute approximate surface area is 216 Å². The second-order valence-corrected chi connectivity index (χ2v) is 10.6. The van der Waals surface area contributed by atoms with Crippen LogP contribution in [0.3, 0.4) is 0 Å². The highest BCUT2D eigenvalue weighted by Gasteiger charge is 2.32. The lowest BCUT2D eigenvalue weighted by Crippen LogP contribution is -2.52. The lowest BCUT2D eigenvalue weighted by Gasteiger charge is -2.33. The van der Waals surface area contributed by atoms with Crippen molar-refractivity contribution in [1.82, 2.24) is 10.2 Å². The molecule has 2 amide bonds. The zero-order chi connectivity index (χ0) is 27.8. The van der Waals surface area contributed by atoms with E-state index in [1.165, 1.54) is 41.3 Å². The van der Waals surface area contributed by atoms with E-state index in [0.717, 1.165) is 29.5 Å². The van der Waals surface area contributed by atoms with Gasteiger partial charge in [-0.25, -0.2) is 12.8 Å². The standard InChI is InChI=1S/C25H33FN4O6S/c1-5-7-14-27-25(32)22(6-2)28(16-19-9-11-20(26)12-10-19)24(31)17-29(37(4,35)36)23-15-21(30(33)34)13-8-18(23)3/h8-13,15,22H,5-7,14,16-17H2,1-4H3,(H,27,32)/t22-/m1/s1. The summed E-state index contributed by atoms with van der Waals surface area (Å²) in [5, 5.41) is 14.1.